The van der Waals surface area contributed by atoms with E-state index in [1.165, 1.54) is 18.5 Å². The van der Waals surface area contributed by atoms with E-state index < -0.39 is 11.7 Å². The van der Waals surface area contributed by atoms with Crippen LogP contribution in [-0.4, -0.2) is 9.97 Å². The third kappa shape index (κ3) is 4.64. The first-order valence-electron chi connectivity index (χ1n) is 8.27. The molecular formula is C19H17ClF3N5. The number of hydrogen-bond acceptors (Lipinski definition) is 5. The van der Waals surface area contributed by atoms with Crippen molar-refractivity contribution in [1.29, 1.82) is 0 Å². The van der Waals surface area contributed by atoms with E-state index in [-0.39, 0.29) is 22.2 Å². The van der Waals surface area contributed by atoms with Gasteiger partial charge < -0.3 is 16.4 Å². The van der Waals surface area contributed by atoms with E-state index in [1.54, 1.807) is 0 Å². The van der Waals surface area contributed by atoms with Gasteiger partial charge in [0, 0.05) is 12.2 Å². The molecule has 5 nitrogen and oxygen atoms in total. The standard InChI is InChI=1S/C19H17ClF3N5/c1-11-2-4-12(5-3-11)9-25-17-16(24)18(27-10-26-17)28-13-6-7-15(20)14(8-13)19(21,22)23/h2-8,10H,9,24H2,1H3,(H2,25,26,27,28). The van der Waals surface area contributed by atoms with Crippen molar-refractivity contribution >= 4 is 34.6 Å². The second-order valence-corrected chi connectivity index (χ2v) is 6.55. The van der Waals surface area contributed by atoms with Gasteiger partial charge >= 0.3 is 6.18 Å². The van der Waals surface area contributed by atoms with Gasteiger partial charge in [0.1, 0.15) is 12.0 Å². The molecule has 0 aliphatic carbocycles. The van der Waals surface area contributed by atoms with Gasteiger partial charge in [0.15, 0.2) is 11.6 Å². The Kier molecular flexibility index (Phi) is 5.60. The highest BCUT2D eigenvalue weighted by Gasteiger charge is 2.33. The van der Waals surface area contributed by atoms with E-state index >= 15 is 0 Å². The van der Waals surface area contributed by atoms with Gasteiger partial charge in [0.2, 0.25) is 0 Å². The SMILES string of the molecule is Cc1ccc(CNc2ncnc(Nc3ccc(Cl)c(C(F)(F)F)c3)c2N)cc1. The van der Waals surface area contributed by atoms with Crippen molar-refractivity contribution in [2.45, 2.75) is 19.6 Å². The normalized spacial score (nSPS) is 11.3. The minimum Gasteiger partial charge on any atom is -0.393 e. The number of halogens is 4. The lowest BCUT2D eigenvalue weighted by Crippen LogP contribution is -2.09. The maximum atomic E-state index is 13.0. The molecule has 0 saturated carbocycles. The summed E-state index contributed by atoms with van der Waals surface area (Å²) in [7, 11) is 0. The lowest BCUT2D eigenvalue weighted by molar-refractivity contribution is -0.137. The van der Waals surface area contributed by atoms with Crippen LogP contribution in [0.1, 0.15) is 16.7 Å². The van der Waals surface area contributed by atoms with Gasteiger partial charge in [-0.1, -0.05) is 41.4 Å². The lowest BCUT2D eigenvalue weighted by Gasteiger charge is -2.14. The highest BCUT2D eigenvalue weighted by molar-refractivity contribution is 6.31. The molecule has 0 atom stereocenters. The molecular weight excluding hydrogens is 391 g/mol. The third-order valence-electron chi connectivity index (χ3n) is 4.00. The summed E-state index contributed by atoms with van der Waals surface area (Å²) in [6, 6.07) is 11.4. The van der Waals surface area contributed by atoms with Crippen molar-refractivity contribution in [3.05, 3.63) is 70.5 Å². The minimum absolute atomic E-state index is 0.159. The Labute approximate surface area is 164 Å². The van der Waals surface area contributed by atoms with Crippen LogP contribution in [0.4, 0.5) is 36.2 Å². The molecule has 1 aromatic heterocycles. The number of benzene rings is 2. The van der Waals surface area contributed by atoms with Crippen molar-refractivity contribution in [1.82, 2.24) is 9.97 Å². The molecule has 1 heterocycles. The van der Waals surface area contributed by atoms with Gasteiger partial charge in [-0.2, -0.15) is 13.2 Å². The summed E-state index contributed by atoms with van der Waals surface area (Å²) in [4.78, 5) is 8.11. The molecule has 0 saturated heterocycles. The predicted molar refractivity (Wildman–Crippen MR) is 105 cm³/mol. The van der Waals surface area contributed by atoms with Gasteiger partial charge in [0.25, 0.3) is 0 Å². The van der Waals surface area contributed by atoms with Gasteiger partial charge in [-0.05, 0) is 30.7 Å². The highest BCUT2D eigenvalue weighted by Crippen LogP contribution is 2.37. The molecule has 4 N–H and O–H groups in total. The second kappa shape index (κ2) is 7.93. The quantitative estimate of drug-likeness (QED) is 0.528. The Hall–Kier alpha value is -3.00. The zero-order chi connectivity index (χ0) is 20.3. The maximum Gasteiger partial charge on any atom is 0.417 e. The van der Waals surface area contributed by atoms with Crippen molar-refractivity contribution < 1.29 is 13.2 Å². The van der Waals surface area contributed by atoms with E-state index in [0.717, 1.165) is 17.2 Å². The van der Waals surface area contributed by atoms with Gasteiger partial charge in [-0.25, -0.2) is 9.97 Å². The summed E-state index contributed by atoms with van der Waals surface area (Å²) in [6.45, 7) is 2.48. The fourth-order valence-corrected chi connectivity index (χ4v) is 2.71. The molecule has 146 valence electrons. The van der Waals surface area contributed by atoms with Gasteiger partial charge in [0.05, 0.1) is 10.6 Å². The molecule has 3 rings (SSSR count). The number of nitrogen functional groups attached to an aromatic ring is 1. The molecule has 9 heteroatoms. The number of nitrogens with zero attached hydrogens (tertiary/aromatic N) is 2. The Morgan fingerprint density at radius 2 is 1.71 bits per heavy atom. The first kappa shape index (κ1) is 19.8. The first-order chi connectivity index (χ1) is 13.2. The van der Waals surface area contributed by atoms with E-state index in [1.807, 2.05) is 31.2 Å². The number of hydrogen-bond donors (Lipinski definition) is 3. The maximum absolute atomic E-state index is 13.0. The Balaban J connectivity index is 1.78. The van der Waals surface area contributed by atoms with Crippen molar-refractivity contribution in [3.63, 3.8) is 0 Å². The molecule has 0 aliphatic rings. The number of alkyl halides is 3. The number of nitrogens with two attached hydrogens (primary N) is 1. The highest BCUT2D eigenvalue weighted by atomic mass is 35.5. The van der Waals surface area contributed by atoms with Crippen LogP contribution in [0.3, 0.4) is 0 Å². The number of anilines is 4. The second-order valence-electron chi connectivity index (χ2n) is 6.14. The van der Waals surface area contributed by atoms with E-state index in [4.69, 9.17) is 17.3 Å². The summed E-state index contributed by atoms with van der Waals surface area (Å²) < 4.78 is 39.1. The molecule has 0 spiro atoms. The molecule has 2 aromatic carbocycles. The van der Waals surface area contributed by atoms with E-state index in [2.05, 4.69) is 20.6 Å². The summed E-state index contributed by atoms with van der Waals surface area (Å²) in [6.07, 6.45) is -3.29. The number of aryl methyl sites for hydroxylation is 1. The number of nitrogens with one attached hydrogen (secondary N) is 2. The molecule has 0 aliphatic heterocycles. The Bertz CT molecular complexity index is 974. The van der Waals surface area contributed by atoms with Crippen LogP contribution < -0.4 is 16.4 Å². The van der Waals surface area contributed by atoms with Crippen LogP contribution in [0.5, 0.6) is 0 Å². The molecule has 3 aromatic rings. The van der Waals surface area contributed by atoms with Gasteiger partial charge in [-0.3, -0.25) is 0 Å². The Morgan fingerprint density at radius 3 is 2.39 bits per heavy atom. The average Bonchev–Trinajstić information content (AvgIpc) is 2.64. The third-order valence-corrected chi connectivity index (χ3v) is 4.33. The summed E-state index contributed by atoms with van der Waals surface area (Å²) in [5.41, 5.74) is 7.67. The fourth-order valence-electron chi connectivity index (χ4n) is 2.48. The van der Waals surface area contributed by atoms with Crippen LogP contribution >= 0.6 is 11.6 Å². The zero-order valence-corrected chi connectivity index (χ0v) is 15.6. The molecule has 0 amide bonds. The van der Waals surface area contributed by atoms with Crippen LogP contribution in [-0.2, 0) is 12.7 Å². The fraction of sp³-hybridized carbons (Fsp3) is 0.158. The molecule has 28 heavy (non-hydrogen) atoms. The van der Waals surface area contributed by atoms with Crippen LogP contribution in [0.2, 0.25) is 5.02 Å². The summed E-state index contributed by atoms with van der Waals surface area (Å²) in [5.74, 6) is 0.569. The zero-order valence-electron chi connectivity index (χ0n) is 14.8. The monoisotopic (exact) mass is 407 g/mol. The predicted octanol–water partition coefficient (Wildman–Crippen LogP) is 5.40. The van der Waals surface area contributed by atoms with Crippen LogP contribution in [0.15, 0.2) is 48.8 Å². The van der Waals surface area contributed by atoms with Crippen molar-refractivity contribution in [3.8, 4) is 0 Å². The first-order valence-corrected chi connectivity index (χ1v) is 8.65. The van der Waals surface area contributed by atoms with Crippen molar-refractivity contribution in [2.24, 2.45) is 0 Å². The Morgan fingerprint density at radius 1 is 1.04 bits per heavy atom. The molecule has 0 unspecified atom stereocenters. The van der Waals surface area contributed by atoms with Gasteiger partial charge in [-0.15, -0.1) is 0 Å². The lowest BCUT2D eigenvalue weighted by atomic mass is 10.1. The topological polar surface area (TPSA) is 75.9 Å². The largest absolute Gasteiger partial charge is 0.417 e. The molecule has 0 bridgehead atoms. The number of rotatable bonds is 5. The van der Waals surface area contributed by atoms with E-state index in [0.29, 0.717) is 12.4 Å². The summed E-state index contributed by atoms with van der Waals surface area (Å²) >= 11 is 5.64. The number of aromatic nitrogens is 2. The van der Waals surface area contributed by atoms with Crippen LogP contribution in [0.25, 0.3) is 0 Å². The summed E-state index contributed by atoms with van der Waals surface area (Å²) in [5, 5.41) is 5.51. The average molecular weight is 408 g/mol. The minimum atomic E-state index is -4.56. The van der Waals surface area contributed by atoms with E-state index in [9.17, 15) is 13.2 Å². The van der Waals surface area contributed by atoms with Crippen LogP contribution in [0, 0.1) is 6.92 Å². The smallest absolute Gasteiger partial charge is 0.393 e. The molecule has 0 fully saturated rings. The molecule has 0 radical (unpaired) electrons. The van der Waals surface area contributed by atoms with Crippen molar-refractivity contribution in [2.75, 3.05) is 16.4 Å².